The second kappa shape index (κ2) is 15.0. The maximum atomic E-state index is 13.4. The van der Waals surface area contributed by atoms with Gasteiger partial charge in [0.1, 0.15) is 11.5 Å². The van der Waals surface area contributed by atoms with Gasteiger partial charge in [0, 0.05) is 11.6 Å². The van der Waals surface area contributed by atoms with Gasteiger partial charge in [-0.2, -0.15) is 0 Å². The lowest BCUT2D eigenvalue weighted by Crippen LogP contribution is -2.08. The third-order valence-electron chi connectivity index (χ3n) is 5.04. The summed E-state index contributed by atoms with van der Waals surface area (Å²) in [6.45, 7) is 12.5. The van der Waals surface area contributed by atoms with Crippen molar-refractivity contribution in [2.45, 2.75) is 66.7 Å². The lowest BCUT2D eigenvalue weighted by molar-refractivity contribution is 0.104. The van der Waals surface area contributed by atoms with Gasteiger partial charge in [0.15, 0.2) is 17.3 Å². The number of aryl methyl sites for hydroxylation is 1. The fourth-order valence-corrected chi connectivity index (χ4v) is 3.28. The maximum Gasteiger partial charge on any atom is 0.189 e. The summed E-state index contributed by atoms with van der Waals surface area (Å²) >= 11 is 0. The summed E-state index contributed by atoms with van der Waals surface area (Å²) in [6.07, 6.45) is 7.78. The van der Waals surface area contributed by atoms with E-state index in [0.717, 1.165) is 43.4 Å². The molecule has 0 amide bonds. The zero-order valence-corrected chi connectivity index (χ0v) is 21.4. The van der Waals surface area contributed by atoms with Crippen LogP contribution in [0.4, 0.5) is 0 Å². The molecule has 0 fully saturated rings. The van der Waals surface area contributed by atoms with Gasteiger partial charge in [-0.1, -0.05) is 40.7 Å². The van der Waals surface area contributed by atoms with Crippen LogP contribution < -0.4 is 18.9 Å². The largest absolute Gasteiger partial charge is 0.493 e. The van der Waals surface area contributed by atoms with Crippen LogP contribution in [0.3, 0.4) is 0 Å². The van der Waals surface area contributed by atoms with Crippen LogP contribution in [0.2, 0.25) is 0 Å². The highest BCUT2D eigenvalue weighted by Gasteiger charge is 2.19. The number of hydrogen-bond acceptors (Lipinski definition) is 5. The Hall–Kier alpha value is -2.95. The van der Waals surface area contributed by atoms with E-state index < -0.39 is 0 Å². The van der Waals surface area contributed by atoms with Crippen molar-refractivity contribution in [3.8, 4) is 23.0 Å². The van der Waals surface area contributed by atoms with Crippen LogP contribution >= 0.6 is 0 Å². The van der Waals surface area contributed by atoms with Crippen LogP contribution in [0, 0.1) is 0 Å². The first-order valence-corrected chi connectivity index (χ1v) is 12.6. The SMILES string of the molecule is CCCOc1cc(OCCC)c(OCCC)c(C(=O)C=Cc2cc(CC)ccc2OCCC)c1. The van der Waals surface area contributed by atoms with Gasteiger partial charge in [-0.15, -0.1) is 0 Å². The van der Waals surface area contributed by atoms with Crippen LogP contribution in [0.25, 0.3) is 6.08 Å². The molecule has 0 radical (unpaired) electrons. The highest BCUT2D eigenvalue weighted by molar-refractivity contribution is 6.09. The molecule has 0 aliphatic heterocycles. The topological polar surface area (TPSA) is 54.0 Å². The molecule has 2 rings (SSSR count). The zero-order chi connectivity index (χ0) is 24.8. The van der Waals surface area contributed by atoms with Crippen LogP contribution in [-0.2, 0) is 6.42 Å². The van der Waals surface area contributed by atoms with Crippen molar-refractivity contribution in [3.05, 3.63) is 53.1 Å². The molecule has 0 aliphatic rings. The summed E-state index contributed by atoms with van der Waals surface area (Å²) in [5.41, 5.74) is 2.51. The lowest BCUT2D eigenvalue weighted by atomic mass is 10.0. The number of rotatable bonds is 16. The lowest BCUT2D eigenvalue weighted by Gasteiger charge is -2.17. The van der Waals surface area contributed by atoms with Crippen molar-refractivity contribution in [1.82, 2.24) is 0 Å². The first-order chi connectivity index (χ1) is 16.6. The molecule has 0 heterocycles. The summed E-state index contributed by atoms with van der Waals surface area (Å²) in [4.78, 5) is 13.4. The van der Waals surface area contributed by atoms with E-state index in [-0.39, 0.29) is 5.78 Å². The van der Waals surface area contributed by atoms with Gasteiger partial charge in [-0.25, -0.2) is 0 Å². The molecule has 5 heteroatoms. The third kappa shape index (κ3) is 8.12. The van der Waals surface area contributed by atoms with Gasteiger partial charge in [-0.3, -0.25) is 4.79 Å². The van der Waals surface area contributed by atoms with Crippen molar-refractivity contribution in [3.63, 3.8) is 0 Å². The Bertz CT molecular complexity index is 932. The molecule has 0 spiro atoms. The smallest absolute Gasteiger partial charge is 0.189 e. The Morgan fingerprint density at radius 3 is 2.00 bits per heavy atom. The predicted molar refractivity (Wildman–Crippen MR) is 139 cm³/mol. The summed E-state index contributed by atoms with van der Waals surface area (Å²) in [6, 6.07) is 9.68. The van der Waals surface area contributed by atoms with E-state index in [1.807, 2.05) is 39.0 Å². The van der Waals surface area contributed by atoms with E-state index in [1.165, 1.54) is 5.56 Å². The average molecular weight is 469 g/mol. The minimum atomic E-state index is -0.169. The summed E-state index contributed by atoms with van der Waals surface area (Å²) in [7, 11) is 0. The highest BCUT2D eigenvalue weighted by Crippen LogP contribution is 2.37. The Morgan fingerprint density at radius 2 is 1.35 bits per heavy atom. The number of ketones is 1. The highest BCUT2D eigenvalue weighted by atomic mass is 16.5. The standard InChI is InChI=1S/C29H40O5/c1-6-15-31-24-20-25(29(34-18-9-4)28(21-24)33-17-8-3)26(30)13-12-23-19-22(10-5)11-14-27(23)32-16-7-2/h11-14,19-21H,6-10,15-18H2,1-5H3. The summed E-state index contributed by atoms with van der Waals surface area (Å²) < 4.78 is 23.7. The first kappa shape index (κ1) is 27.3. The van der Waals surface area contributed by atoms with Gasteiger partial charge in [0.05, 0.1) is 32.0 Å². The molecule has 186 valence electrons. The second-order valence-electron chi connectivity index (χ2n) is 8.12. The van der Waals surface area contributed by atoms with E-state index in [0.29, 0.717) is 49.2 Å². The molecule has 0 unspecified atom stereocenters. The molecule has 0 saturated carbocycles. The van der Waals surface area contributed by atoms with Gasteiger partial charge in [0.25, 0.3) is 0 Å². The quantitative estimate of drug-likeness (QED) is 0.191. The fourth-order valence-electron chi connectivity index (χ4n) is 3.28. The van der Waals surface area contributed by atoms with E-state index in [2.05, 4.69) is 26.0 Å². The minimum Gasteiger partial charge on any atom is -0.493 e. The maximum absolute atomic E-state index is 13.4. The molecule has 0 bridgehead atoms. The Kier molecular flexibility index (Phi) is 12.1. The first-order valence-electron chi connectivity index (χ1n) is 12.6. The van der Waals surface area contributed by atoms with Crippen LogP contribution in [0.1, 0.15) is 81.8 Å². The van der Waals surface area contributed by atoms with Gasteiger partial charge >= 0.3 is 0 Å². The van der Waals surface area contributed by atoms with Gasteiger partial charge in [-0.05, 0) is 68.0 Å². The summed E-state index contributed by atoms with van der Waals surface area (Å²) in [5, 5.41) is 0. The van der Waals surface area contributed by atoms with Crippen LogP contribution in [0.15, 0.2) is 36.4 Å². The van der Waals surface area contributed by atoms with Crippen molar-refractivity contribution in [2.24, 2.45) is 0 Å². The molecule has 0 N–H and O–H groups in total. The molecule has 0 atom stereocenters. The Balaban J connectivity index is 2.46. The van der Waals surface area contributed by atoms with Crippen molar-refractivity contribution < 1.29 is 23.7 Å². The molecule has 5 nitrogen and oxygen atoms in total. The molecular formula is C29H40O5. The number of hydrogen-bond donors (Lipinski definition) is 0. The Labute approximate surface area is 205 Å². The molecular weight excluding hydrogens is 428 g/mol. The monoisotopic (exact) mass is 468 g/mol. The van der Waals surface area contributed by atoms with E-state index >= 15 is 0 Å². The fraction of sp³-hybridized carbons (Fsp3) is 0.483. The van der Waals surface area contributed by atoms with E-state index in [9.17, 15) is 4.79 Å². The van der Waals surface area contributed by atoms with Gasteiger partial charge < -0.3 is 18.9 Å². The number of carbonyl (C=O) groups is 1. The molecule has 2 aromatic carbocycles. The molecule has 34 heavy (non-hydrogen) atoms. The molecule has 0 aliphatic carbocycles. The normalized spacial score (nSPS) is 11.0. The van der Waals surface area contributed by atoms with Crippen LogP contribution in [-0.4, -0.2) is 32.2 Å². The number of benzene rings is 2. The van der Waals surface area contributed by atoms with Crippen molar-refractivity contribution in [1.29, 1.82) is 0 Å². The van der Waals surface area contributed by atoms with E-state index in [1.54, 1.807) is 12.1 Å². The van der Waals surface area contributed by atoms with Gasteiger partial charge in [0.2, 0.25) is 0 Å². The zero-order valence-electron chi connectivity index (χ0n) is 21.4. The minimum absolute atomic E-state index is 0.169. The molecule has 0 aromatic heterocycles. The van der Waals surface area contributed by atoms with Crippen molar-refractivity contribution >= 4 is 11.9 Å². The predicted octanol–water partition coefficient (Wildman–Crippen LogP) is 7.30. The molecule has 0 saturated heterocycles. The Morgan fingerprint density at radius 1 is 0.735 bits per heavy atom. The second-order valence-corrected chi connectivity index (χ2v) is 8.12. The average Bonchev–Trinajstić information content (AvgIpc) is 2.87. The number of carbonyl (C=O) groups excluding carboxylic acids is 1. The number of allylic oxidation sites excluding steroid dienone is 1. The van der Waals surface area contributed by atoms with Crippen LogP contribution in [0.5, 0.6) is 23.0 Å². The molecule has 2 aromatic rings. The van der Waals surface area contributed by atoms with Crippen molar-refractivity contribution in [2.75, 3.05) is 26.4 Å². The third-order valence-corrected chi connectivity index (χ3v) is 5.04. The van der Waals surface area contributed by atoms with E-state index in [4.69, 9.17) is 18.9 Å². The number of ether oxygens (including phenoxy) is 4. The summed E-state index contributed by atoms with van der Waals surface area (Å²) in [5.74, 6) is 2.22.